The number of esters is 1. The second-order valence-electron chi connectivity index (χ2n) is 8.50. The van der Waals surface area contributed by atoms with Crippen molar-refractivity contribution in [3.05, 3.63) is 59.7 Å². The number of fused-ring (bicyclic) bond motifs is 1. The van der Waals surface area contributed by atoms with Crippen molar-refractivity contribution in [2.75, 3.05) is 13.7 Å². The number of aromatic hydroxyl groups is 1. The minimum atomic E-state index is -0.499. The molecule has 0 saturated carbocycles. The van der Waals surface area contributed by atoms with E-state index in [0.717, 1.165) is 5.56 Å². The lowest BCUT2D eigenvalue weighted by atomic mass is 10.1. The number of rotatable bonds is 5. The number of ether oxygens (including phenoxy) is 2. The molecule has 3 aromatic rings. The molecule has 1 aromatic heterocycles. The van der Waals surface area contributed by atoms with Gasteiger partial charge in [0, 0.05) is 11.1 Å². The zero-order chi connectivity index (χ0) is 23.8. The van der Waals surface area contributed by atoms with Crippen molar-refractivity contribution in [3.8, 4) is 22.8 Å². The lowest BCUT2D eigenvalue weighted by molar-refractivity contribution is 0.0528. The van der Waals surface area contributed by atoms with Crippen molar-refractivity contribution < 1.29 is 19.4 Å². The van der Waals surface area contributed by atoms with Gasteiger partial charge < -0.3 is 14.6 Å². The minimum Gasteiger partial charge on any atom is -0.504 e. The summed E-state index contributed by atoms with van der Waals surface area (Å²) in [5.41, 5.74) is 2.30. The van der Waals surface area contributed by atoms with Crippen LogP contribution in [0.4, 0.5) is 5.82 Å². The first kappa shape index (κ1) is 22.3. The molecule has 0 fully saturated rings. The predicted molar refractivity (Wildman–Crippen MR) is 127 cm³/mol. The molecular formula is C25H26N4O4. The van der Waals surface area contributed by atoms with E-state index in [1.807, 2.05) is 51.1 Å². The van der Waals surface area contributed by atoms with Crippen LogP contribution >= 0.6 is 0 Å². The molecule has 0 atom stereocenters. The third-order valence-corrected chi connectivity index (χ3v) is 4.91. The Labute approximate surface area is 192 Å². The average Bonchev–Trinajstić information content (AvgIpc) is 3.31. The van der Waals surface area contributed by atoms with E-state index in [9.17, 15) is 9.90 Å². The Bertz CT molecular complexity index is 1270. The molecule has 8 nitrogen and oxygen atoms in total. The molecule has 0 saturated heterocycles. The standard InChI is InChI=1S/C25H26N4O4/c1-6-33-24(31)19-20(15-10-8-7-9-11-15)28-29-22(19)26-21(23(29)27-25(2,3)4)16-12-13-17(30)18(14-16)32-5/h7-14,30H,6H2,1-5H3. The maximum Gasteiger partial charge on any atom is 0.344 e. The Morgan fingerprint density at radius 3 is 2.48 bits per heavy atom. The van der Waals surface area contributed by atoms with Crippen LogP contribution in [-0.2, 0) is 4.74 Å². The molecule has 0 aliphatic carbocycles. The highest BCUT2D eigenvalue weighted by Crippen LogP contribution is 2.37. The Hall–Kier alpha value is -3.94. The number of hydrogen-bond acceptors (Lipinski definition) is 7. The first-order valence-electron chi connectivity index (χ1n) is 10.7. The van der Waals surface area contributed by atoms with Crippen LogP contribution < -0.4 is 4.74 Å². The van der Waals surface area contributed by atoms with Gasteiger partial charge >= 0.3 is 5.97 Å². The van der Waals surface area contributed by atoms with Gasteiger partial charge in [-0.2, -0.15) is 9.78 Å². The van der Waals surface area contributed by atoms with Gasteiger partial charge in [0.25, 0.3) is 0 Å². The second-order valence-corrected chi connectivity index (χ2v) is 8.50. The quantitative estimate of drug-likeness (QED) is 0.577. The average molecular weight is 447 g/mol. The Morgan fingerprint density at radius 1 is 1.12 bits per heavy atom. The van der Waals surface area contributed by atoms with Crippen LogP contribution in [0.3, 0.4) is 0 Å². The van der Waals surface area contributed by atoms with Gasteiger partial charge in [-0.3, -0.25) is 4.99 Å². The third kappa shape index (κ3) is 4.24. The number of benzene rings is 2. The van der Waals surface area contributed by atoms with Crippen LogP contribution in [0.2, 0.25) is 0 Å². The zero-order valence-corrected chi connectivity index (χ0v) is 19.3. The SMILES string of the molecule is CCOC(=O)c1c(-c2ccccc2)nn2c1N=C(c1ccc(O)c(OC)c1)C2=NC(C)(C)C. The molecule has 1 aliphatic rings. The summed E-state index contributed by atoms with van der Waals surface area (Å²) in [5, 5.41) is 14.8. The van der Waals surface area contributed by atoms with Gasteiger partial charge in [-0.15, -0.1) is 0 Å². The molecule has 2 aromatic carbocycles. The highest BCUT2D eigenvalue weighted by molar-refractivity contribution is 6.50. The molecule has 170 valence electrons. The van der Waals surface area contributed by atoms with E-state index in [2.05, 4.69) is 0 Å². The Balaban J connectivity index is 1.98. The summed E-state index contributed by atoms with van der Waals surface area (Å²) in [6.07, 6.45) is 0. The van der Waals surface area contributed by atoms with E-state index >= 15 is 0 Å². The topological polar surface area (TPSA) is 98.3 Å². The van der Waals surface area contributed by atoms with Crippen molar-refractivity contribution >= 4 is 23.3 Å². The maximum atomic E-state index is 13.0. The number of carbonyl (C=O) groups is 1. The summed E-state index contributed by atoms with van der Waals surface area (Å²) in [6, 6.07) is 14.4. The number of nitrogens with zero attached hydrogens (tertiary/aromatic N) is 4. The van der Waals surface area contributed by atoms with Gasteiger partial charge in [0.15, 0.2) is 23.2 Å². The normalized spacial score (nSPS) is 14.2. The van der Waals surface area contributed by atoms with E-state index in [1.54, 1.807) is 23.7 Å². The maximum absolute atomic E-state index is 13.0. The fraction of sp³-hybridized carbons (Fsp3) is 0.280. The highest BCUT2D eigenvalue weighted by Gasteiger charge is 2.35. The van der Waals surface area contributed by atoms with Crippen molar-refractivity contribution in [1.82, 2.24) is 9.78 Å². The molecule has 1 N–H and O–H groups in total. The third-order valence-electron chi connectivity index (χ3n) is 4.91. The smallest absolute Gasteiger partial charge is 0.344 e. The highest BCUT2D eigenvalue weighted by atomic mass is 16.5. The van der Waals surface area contributed by atoms with Crippen molar-refractivity contribution in [1.29, 1.82) is 0 Å². The van der Waals surface area contributed by atoms with Crippen LogP contribution in [0, 0.1) is 0 Å². The van der Waals surface area contributed by atoms with Gasteiger partial charge in [0.05, 0.1) is 19.3 Å². The van der Waals surface area contributed by atoms with Gasteiger partial charge in [0.2, 0.25) is 0 Å². The van der Waals surface area contributed by atoms with Crippen LogP contribution in [0.25, 0.3) is 11.3 Å². The number of phenolic OH excluding ortho intramolecular Hbond substituents is 1. The lowest BCUT2D eigenvalue weighted by Crippen LogP contribution is -2.25. The van der Waals surface area contributed by atoms with Crippen LogP contribution in [0.1, 0.15) is 43.6 Å². The second kappa shape index (κ2) is 8.54. The summed E-state index contributed by atoms with van der Waals surface area (Å²) in [5.74, 6) is 0.687. The monoisotopic (exact) mass is 446 g/mol. The fourth-order valence-electron chi connectivity index (χ4n) is 3.54. The zero-order valence-electron chi connectivity index (χ0n) is 19.3. The summed E-state index contributed by atoms with van der Waals surface area (Å²) >= 11 is 0. The van der Waals surface area contributed by atoms with E-state index in [4.69, 9.17) is 24.6 Å². The number of hydrogen-bond donors (Lipinski definition) is 1. The van der Waals surface area contributed by atoms with Crippen molar-refractivity contribution in [2.45, 2.75) is 33.2 Å². The number of aromatic nitrogens is 2. The van der Waals surface area contributed by atoms with Gasteiger partial charge in [0.1, 0.15) is 17.0 Å². The molecular weight excluding hydrogens is 420 g/mol. The van der Waals surface area contributed by atoms with Crippen LogP contribution in [-0.4, -0.2) is 51.7 Å². The molecule has 0 radical (unpaired) electrons. The molecule has 33 heavy (non-hydrogen) atoms. The first-order valence-corrected chi connectivity index (χ1v) is 10.7. The summed E-state index contributed by atoms with van der Waals surface area (Å²) in [7, 11) is 1.48. The van der Waals surface area contributed by atoms with E-state index < -0.39 is 11.5 Å². The predicted octanol–water partition coefficient (Wildman–Crippen LogP) is 4.62. The van der Waals surface area contributed by atoms with Crippen LogP contribution in [0.5, 0.6) is 11.5 Å². The molecule has 4 rings (SSSR count). The van der Waals surface area contributed by atoms with Gasteiger partial charge in [-0.25, -0.2) is 9.79 Å². The molecule has 2 heterocycles. The summed E-state index contributed by atoms with van der Waals surface area (Å²) in [4.78, 5) is 22.7. The first-order chi connectivity index (χ1) is 15.7. The number of phenols is 1. The van der Waals surface area contributed by atoms with Crippen LogP contribution in [0.15, 0.2) is 58.5 Å². The van der Waals surface area contributed by atoms with E-state index in [1.165, 1.54) is 13.2 Å². The number of methoxy groups -OCH3 is 1. The van der Waals surface area contributed by atoms with Gasteiger partial charge in [-0.05, 0) is 45.9 Å². The summed E-state index contributed by atoms with van der Waals surface area (Å²) < 4.78 is 12.2. The van der Waals surface area contributed by atoms with E-state index in [-0.39, 0.29) is 17.9 Å². The van der Waals surface area contributed by atoms with Gasteiger partial charge in [-0.1, -0.05) is 30.3 Å². The molecule has 0 amide bonds. The Kier molecular flexibility index (Phi) is 5.76. The van der Waals surface area contributed by atoms with Crippen molar-refractivity contribution in [2.24, 2.45) is 9.98 Å². The molecule has 0 bridgehead atoms. The van der Waals surface area contributed by atoms with Crippen molar-refractivity contribution in [3.63, 3.8) is 0 Å². The summed E-state index contributed by atoms with van der Waals surface area (Å²) in [6.45, 7) is 7.91. The Morgan fingerprint density at radius 2 is 1.85 bits per heavy atom. The molecule has 1 aliphatic heterocycles. The molecule has 0 unspecified atom stereocenters. The largest absolute Gasteiger partial charge is 0.504 e. The fourth-order valence-corrected chi connectivity index (χ4v) is 3.54. The number of carbonyl (C=O) groups excluding carboxylic acids is 1. The van der Waals surface area contributed by atoms with E-state index in [0.29, 0.717) is 34.4 Å². The minimum absolute atomic E-state index is 0.0190. The molecule has 8 heteroatoms. The molecule has 0 spiro atoms. The number of aliphatic imine (C=N–C) groups is 2. The lowest BCUT2D eigenvalue weighted by Gasteiger charge is -2.15.